The highest BCUT2D eigenvalue weighted by Crippen LogP contribution is 2.33. The van der Waals surface area contributed by atoms with Gasteiger partial charge in [0.2, 0.25) is 0 Å². The standard InChI is InChI=1S/C12H14ClN3S/c13-10-5-2-1-4-9(10)11-8-16-12(17-11)15-7-3-6-14/h1-2,4-5,8H,3,6-7,14H2,(H,15,16). The first kappa shape index (κ1) is 12.4. The number of rotatable bonds is 5. The van der Waals surface area contributed by atoms with Gasteiger partial charge in [-0.15, -0.1) is 0 Å². The van der Waals surface area contributed by atoms with Gasteiger partial charge in [0.1, 0.15) is 0 Å². The predicted molar refractivity (Wildman–Crippen MR) is 74.7 cm³/mol. The molecule has 2 rings (SSSR count). The van der Waals surface area contributed by atoms with Gasteiger partial charge in [0.15, 0.2) is 5.13 Å². The van der Waals surface area contributed by atoms with Crippen LogP contribution in [-0.2, 0) is 0 Å². The van der Waals surface area contributed by atoms with Crippen LogP contribution in [0.4, 0.5) is 5.13 Å². The summed E-state index contributed by atoms with van der Waals surface area (Å²) in [6.45, 7) is 1.54. The van der Waals surface area contributed by atoms with E-state index in [1.807, 2.05) is 30.5 Å². The summed E-state index contributed by atoms with van der Waals surface area (Å²) in [5.74, 6) is 0. The number of anilines is 1. The molecular weight excluding hydrogens is 254 g/mol. The van der Waals surface area contributed by atoms with E-state index < -0.39 is 0 Å². The second-order valence-corrected chi connectivity index (χ2v) is 5.02. The molecule has 3 N–H and O–H groups in total. The Morgan fingerprint density at radius 2 is 2.18 bits per heavy atom. The fraction of sp³-hybridized carbons (Fsp3) is 0.250. The summed E-state index contributed by atoms with van der Waals surface area (Å²) in [6.07, 6.45) is 2.79. The summed E-state index contributed by atoms with van der Waals surface area (Å²) in [4.78, 5) is 5.39. The Morgan fingerprint density at radius 1 is 1.35 bits per heavy atom. The van der Waals surface area contributed by atoms with Gasteiger partial charge in [0.05, 0.1) is 4.88 Å². The highest BCUT2D eigenvalue weighted by atomic mass is 35.5. The van der Waals surface area contributed by atoms with E-state index in [-0.39, 0.29) is 0 Å². The first-order chi connectivity index (χ1) is 8.31. The van der Waals surface area contributed by atoms with E-state index >= 15 is 0 Å². The molecule has 1 aromatic carbocycles. The number of hydrogen-bond donors (Lipinski definition) is 2. The Balaban J connectivity index is 2.10. The zero-order valence-corrected chi connectivity index (χ0v) is 10.9. The smallest absolute Gasteiger partial charge is 0.183 e. The van der Waals surface area contributed by atoms with Crippen LogP contribution in [0.15, 0.2) is 30.5 Å². The number of hydrogen-bond acceptors (Lipinski definition) is 4. The first-order valence-electron chi connectivity index (χ1n) is 5.46. The third kappa shape index (κ3) is 3.19. The van der Waals surface area contributed by atoms with Crippen LogP contribution >= 0.6 is 22.9 Å². The number of halogens is 1. The molecule has 0 fully saturated rings. The van der Waals surface area contributed by atoms with Gasteiger partial charge >= 0.3 is 0 Å². The molecule has 0 aliphatic heterocycles. The molecule has 0 saturated heterocycles. The molecule has 0 spiro atoms. The van der Waals surface area contributed by atoms with Crippen molar-refractivity contribution in [2.45, 2.75) is 6.42 Å². The van der Waals surface area contributed by atoms with Crippen LogP contribution in [0.3, 0.4) is 0 Å². The summed E-state index contributed by atoms with van der Waals surface area (Å²) in [7, 11) is 0. The Morgan fingerprint density at radius 3 is 2.94 bits per heavy atom. The van der Waals surface area contributed by atoms with E-state index in [0.717, 1.165) is 33.6 Å². The highest BCUT2D eigenvalue weighted by molar-refractivity contribution is 7.18. The zero-order chi connectivity index (χ0) is 12.1. The molecule has 0 bridgehead atoms. The molecule has 1 heterocycles. The summed E-state index contributed by atoms with van der Waals surface area (Å²) in [5.41, 5.74) is 6.46. The molecular formula is C12H14ClN3S. The second kappa shape index (κ2) is 6.00. The third-order valence-corrected chi connectivity index (χ3v) is 3.62. The zero-order valence-electron chi connectivity index (χ0n) is 9.32. The lowest BCUT2D eigenvalue weighted by atomic mass is 10.2. The molecule has 0 atom stereocenters. The van der Waals surface area contributed by atoms with E-state index in [1.54, 1.807) is 11.3 Å². The van der Waals surface area contributed by atoms with Crippen LogP contribution in [0.5, 0.6) is 0 Å². The van der Waals surface area contributed by atoms with Crippen molar-refractivity contribution in [3.05, 3.63) is 35.5 Å². The van der Waals surface area contributed by atoms with Crippen molar-refractivity contribution in [3.63, 3.8) is 0 Å². The van der Waals surface area contributed by atoms with Crippen molar-refractivity contribution in [1.29, 1.82) is 0 Å². The van der Waals surface area contributed by atoms with Crippen LogP contribution in [0.2, 0.25) is 5.02 Å². The van der Waals surface area contributed by atoms with Crippen molar-refractivity contribution in [1.82, 2.24) is 4.98 Å². The minimum Gasteiger partial charge on any atom is -0.361 e. The van der Waals surface area contributed by atoms with Crippen LogP contribution in [0.1, 0.15) is 6.42 Å². The van der Waals surface area contributed by atoms with Crippen LogP contribution in [-0.4, -0.2) is 18.1 Å². The molecule has 17 heavy (non-hydrogen) atoms. The molecule has 3 nitrogen and oxygen atoms in total. The highest BCUT2D eigenvalue weighted by Gasteiger charge is 2.06. The molecule has 0 amide bonds. The maximum atomic E-state index is 6.14. The quantitative estimate of drug-likeness (QED) is 0.818. The van der Waals surface area contributed by atoms with Crippen molar-refractivity contribution in [3.8, 4) is 10.4 Å². The second-order valence-electron chi connectivity index (χ2n) is 3.58. The molecule has 0 aliphatic rings. The van der Waals surface area contributed by atoms with Crippen molar-refractivity contribution < 1.29 is 0 Å². The first-order valence-corrected chi connectivity index (χ1v) is 6.65. The molecule has 5 heteroatoms. The molecule has 0 saturated carbocycles. The van der Waals surface area contributed by atoms with Gasteiger partial charge in [-0.3, -0.25) is 0 Å². The summed E-state index contributed by atoms with van der Waals surface area (Å²) < 4.78 is 0. The van der Waals surface area contributed by atoms with Gasteiger partial charge in [0.25, 0.3) is 0 Å². The Bertz CT molecular complexity index is 484. The van der Waals surface area contributed by atoms with Crippen molar-refractivity contribution in [2.24, 2.45) is 5.73 Å². The largest absolute Gasteiger partial charge is 0.361 e. The van der Waals surface area contributed by atoms with Crippen LogP contribution in [0.25, 0.3) is 10.4 Å². The van der Waals surface area contributed by atoms with Gasteiger partial charge in [-0.1, -0.05) is 41.1 Å². The average Bonchev–Trinajstić information content (AvgIpc) is 2.79. The number of nitrogens with zero attached hydrogens (tertiary/aromatic N) is 1. The van der Waals surface area contributed by atoms with Gasteiger partial charge in [-0.05, 0) is 19.0 Å². The van der Waals surface area contributed by atoms with Crippen LogP contribution in [0, 0.1) is 0 Å². The molecule has 1 aromatic heterocycles. The Kier molecular flexibility index (Phi) is 4.36. The lowest BCUT2D eigenvalue weighted by Crippen LogP contribution is -2.07. The lowest BCUT2D eigenvalue weighted by Gasteiger charge is -2.00. The average molecular weight is 268 g/mol. The van der Waals surface area contributed by atoms with E-state index in [1.165, 1.54) is 0 Å². The normalized spacial score (nSPS) is 10.5. The van der Waals surface area contributed by atoms with Crippen molar-refractivity contribution >= 4 is 28.1 Å². The number of nitrogens with one attached hydrogen (secondary N) is 1. The summed E-state index contributed by atoms with van der Waals surface area (Å²) in [6, 6.07) is 7.79. The monoisotopic (exact) mass is 267 g/mol. The predicted octanol–water partition coefficient (Wildman–Crippen LogP) is 3.22. The van der Waals surface area contributed by atoms with Crippen LogP contribution < -0.4 is 11.1 Å². The number of thiazole rings is 1. The Hall–Kier alpha value is -1.10. The lowest BCUT2D eigenvalue weighted by molar-refractivity contribution is 0.873. The molecule has 0 aliphatic carbocycles. The van der Waals surface area contributed by atoms with Gasteiger partial charge in [0, 0.05) is 23.3 Å². The van der Waals surface area contributed by atoms with E-state index in [2.05, 4.69) is 10.3 Å². The molecule has 2 aromatic rings. The maximum Gasteiger partial charge on any atom is 0.183 e. The minimum atomic E-state index is 0.690. The van der Waals surface area contributed by atoms with Gasteiger partial charge in [-0.25, -0.2) is 4.98 Å². The molecule has 0 radical (unpaired) electrons. The van der Waals surface area contributed by atoms with E-state index in [9.17, 15) is 0 Å². The van der Waals surface area contributed by atoms with E-state index in [4.69, 9.17) is 17.3 Å². The third-order valence-electron chi connectivity index (χ3n) is 2.30. The molecule has 0 unspecified atom stereocenters. The summed E-state index contributed by atoms with van der Waals surface area (Å²) in [5, 5.41) is 4.90. The van der Waals surface area contributed by atoms with Gasteiger partial charge < -0.3 is 11.1 Å². The number of aromatic nitrogens is 1. The van der Waals surface area contributed by atoms with Crippen molar-refractivity contribution in [2.75, 3.05) is 18.4 Å². The maximum absolute atomic E-state index is 6.14. The SMILES string of the molecule is NCCCNc1ncc(-c2ccccc2Cl)s1. The fourth-order valence-corrected chi connectivity index (χ4v) is 2.61. The Labute approximate surface area is 110 Å². The number of benzene rings is 1. The molecule has 90 valence electrons. The fourth-order valence-electron chi connectivity index (χ4n) is 1.44. The van der Waals surface area contributed by atoms with Gasteiger partial charge in [-0.2, -0.15) is 0 Å². The number of nitrogens with two attached hydrogens (primary N) is 1. The van der Waals surface area contributed by atoms with E-state index in [0.29, 0.717) is 6.54 Å². The topological polar surface area (TPSA) is 50.9 Å². The summed E-state index contributed by atoms with van der Waals surface area (Å²) >= 11 is 7.74. The minimum absolute atomic E-state index is 0.690.